The summed E-state index contributed by atoms with van der Waals surface area (Å²) >= 11 is 0. The number of sulfone groups is 1. The summed E-state index contributed by atoms with van der Waals surface area (Å²) in [5.41, 5.74) is 0.799. The van der Waals surface area contributed by atoms with Gasteiger partial charge in [-0.25, -0.2) is 22.6 Å². The molecule has 28 heavy (non-hydrogen) atoms. The average Bonchev–Trinajstić information content (AvgIpc) is 3.16. The number of rotatable bonds is 6. The Kier molecular flexibility index (Phi) is 5.36. The van der Waals surface area contributed by atoms with E-state index in [-0.39, 0.29) is 16.2 Å². The van der Waals surface area contributed by atoms with Crippen molar-refractivity contribution < 1.29 is 27.1 Å². The van der Waals surface area contributed by atoms with E-state index in [1.807, 2.05) is 0 Å². The van der Waals surface area contributed by atoms with Gasteiger partial charge in [-0.2, -0.15) is 0 Å². The minimum absolute atomic E-state index is 0.0758. The van der Waals surface area contributed by atoms with Crippen molar-refractivity contribution >= 4 is 21.6 Å². The van der Waals surface area contributed by atoms with Crippen LogP contribution in [0.5, 0.6) is 0 Å². The first-order chi connectivity index (χ1) is 13.3. The molecule has 144 valence electrons. The zero-order valence-corrected chi connectivity index (χ0v) is 15.5. The molecule has 3 rings (SSSR count). The van der Waals surface area contributed by atoms with Crippen LogP contribution in [0.4, 0.5) is 4.39 Å². The molecule has 9 heteroatoms. The van der Waals surface area contributed by atoms with Gasteiger partial charge in [0.05, 0.1) is 17.4 Å². The van der Waals surface area contributed by atoms with Gasteiger partial charge in [-0.15, -0.1) is 0 Å². The largest absolute Gasteiger partial charge is 0.453 e. The van der Waals surface area contributed by atoms with Gasteiger partial charge in [0.1, 0.15) is 5.82 Å². The van der Waals surface area contributed by atoms with Gasteiger partial charge >= 0.3 is 5.97 Å². The van der Waals surface area contributed by atoms with Gasteiger partial charge in [-0.05, 0) is 48.5 Å². The number of nitrogens with zero attached hydrogens (tertiary/aromatic N) is 2. The number of ketones is 1. The first-order valence-electron chi connectivity index (χ1n) is 8.04. The highest BCUT2D eigenvalue weighted by atomic mass is 32.2. The fourth-order valence-electron chi connectivity index (χ4n) is 2.43. The third-order valence-corrected chi connectivity index (χ3v) is 5.02. The molecule has 0 saturated heterocycles. The van der Waals surface area contributed by atoms with E-state index in [1.165, 1.54) is 65.6 Å². The van der Waals surface area contributed by atoms with Crippen LogP contribution in [0, 0.1) is 5.82 Å². The highest BCUT2D eigenvalue weighted by Crippen LogP contribution is 2.14. The number of carbonyl (C=O) groups is 2. The van der Waals surface area contributed by atoms with Crippen molar-refractivity contribution in [3.63, 3.8) is 0 Å². The molecular weight excluding hydrogens is 387 g/mol. The molecule has 0 radical (unpaired) electrons. The van der Waals surface area contributed by atoms with Crippen molar-refractivity contribution in [2.45, 2.75) is 4.90 Å². The molecule has 0 fully saturated rings. The lowest BCUT2D eigenvalue weighted by molar-refractivity contribution is 0.0467. The van der Waals surface area contributed by atoms with Crippen molar-refractivity contribution in [1.82, 2.24) is 9.55 Å². The van der Waals surface area contributed by atoms with Crippen LogP contribution in [-0.2, 0) is 14.6 Å². The predicted molar refractivity (Wildman–Crippen MR) is 97.7 cm³/mol. The van der Waals surface area contributed by atoms with Gasteiger partial charge in [0.15, 0.2) is 27.9 Å². The molecule has 0 aliphatic carbocycles. The molecule has 0 aliphatic heterocycles. The lowest BCUT2D eigenvalue weighted by Crippen LogP contribution is -2.16. The number of Topliss-reactive ketones (excluding diaryl/α,β-unsaturated/α-hetero) is 1. The van der Waals surface area contributed by atoms with Crippen molar-refractivity contribution in [2.24, 2.45) is 0 Å². The van der Waals surface area contributed by atoms with Gasteiger partial charge in [0, 0.05) is 17.5 Å². The maximum Gasteiger partial charge on any atom is 0.357 e. The number of hydrogen-bond donors (Lipinski definition) is 0. The molecule has 1 heterocycles. The number of hydrogen-bond acceptors (Lipinski definition) is 6. The molecule has 0 aliphatic rings. The number of esters is 1. The molecule has 0 atom stereocenters. The Morgan fingerprint density at radius 2 is 1.71 bits per heavy atom. The number of carbonyl (C=O) groups excluding carboxylic acids is 2. The number of imidazole rings is 1. The second-order valence-electron chi connectivity index (χ2n) is 5.92. The van der Waals surface area contributed by atoms with Crippen LogP contribution >= 0.6 is 0 Å². The lowest BCUT2D eigenvalue weighted by Gasteiger charge is -2.08. The molecule has 0 spiro atoms. The van der Waals surface area contributed by atoms with Gasteiger partial charge in [0.2, 0.25) is 0 Å². The Hall–Kier alpha value is -3.33. The second-order valence-corrected chi connectivity index (χ2v) is 7.94. The summed E-state index contributed by atoms with van der Waals surface area (Å²) in [6.45, 7) is -0.522. The van der Waals surface area contributed by atoms with E-state index in [9.17, 15) is 22.4 Å². The van der Waals surface area contributed by atoms with Crippen molar-refractivity contribution in [3.8, 4) is 5.69 Å². The Balaban J connectivity index is 1.69. The molecule has 0 bridgehead atoms. The molecule has 1 aromatic heterocycles. The lowest BCUT2D eigenvalue weighted by atomic mass is 10.1. The summed E-state index contributed by atoms with van der Waals surface area (Å²) in [6.07, 6.45) is 3.71. The van der Waals surface area contributed by atoms with Crippen LogP contribution in [0.25, 0.3) is 5.69 Å². The van der Waals surface area contributed by atoms with E-state index in [1.54, 1.807) is 0 Å². The van der Waals surface area contributed by atoms with E-state index < -0.39 is 34.0 Å². The predicted octanol–water partition coefficient (Wildman–Crippen LogP) is 2.45. The quantitative estimate of drug-likeness (QED) is 0.464. The van der Waals surface area contributed by atoms with Gasteiger partial charge in [-0.3, -0.25) is 9.36 Å². The highest BCUT2D eigenvalue weighted by Gasteiger charge is 2.17. The van der Waals surface area contributed by atoms with Gasteiger partial charge < -0.3 is 4.74 Å². The van der Waals surface area contributed by atoms with E-state index >= 15 is 0 Å². The Morgan fingerprint density at radius 1 is 1.07 bits per heavy atom. The minimum Gasteiger partial charge on any atom is -0.453 e. The van der Waals surface area contributed by atoms with E-state index in [0.717, 1.165) is 6.26 Å². The average molecular weight is 402 g/mol. The van der Waals surface area contributed by atoms with Crippen LogP contribution in [-0.4, -0.2) is 42.6 Å². The number of benzene rings is 2. The maximum absolute atomic E-state index is 13.1. The van der Waals surface area contributed by atoms with E-state index in [2.05, 4.69) is 4.98 Å². The van der Waals surface area contributed by atoms with Gasteiger partial charge in [0.25, 0.3) is 0 Å². The normalized spacial score (nSPS) is 11.2. The SMILES string of the molecule is CS(=O)(=O)c1ccc(C(=O)COC(=O)c2cncn2-c2ccc(F)cc2)cc1. The third-order valence-electron chi connectivity index (χ3n) is 3.89. The molecule has 2 aromatic carbocycles. The molecule has 0 amide bonds. The third kappa shape index (κ3) is 4.32. The first-order valence-corrected chi connectivity index (χ1v) is 9.93. The fourth-order valence-corrected chi connectivity index (χ4v) is 3.06. The Labute approximate surface area is 160 Å². The zero-order valence-electron chi connectivity index (χ0n) is 14.7. The fraction of sp³-hybridized carbons (Fsp3) is 0.105. The van der Waals surface area contributed by atoms with Crippen LogP contribution in [0.3, 0.4) is 0 Å². The number of aromatic nitrogens is 2. The van der Waals surface area contributed by atoms with E-state index in [4.69, 9.17) is 4.74 Å². The van der Waals surface area contributed by atoms with Crippen LogP contribution in [0.2, 0.25) is 0 Å². The summed E-state index contributed by atoms with van der Waals surface area (Å²) < 4.78 is 42.4. The first kappa shape index (κ1) is 19.4. The standard InChI is InChI=1S/C19H15FN2O5S/c1-28(25,26)16-8-2-13(3-9-16)18(23)11-27-19(24)17-10-21-12-22(17)15-6-4-14(20)5-7-15/h2-10,12H,11H2,1H3. The highest BCUT2D eigenvalue weighted by molar-refractivity contribution is 7.90. The van der Waals surface area contributed by atoms with Crippen LogP contribution in [0.1, 0.15) is 20.8 Å². The van der Waals surface area contributed by atoms with Crippen LogP contribution < -0.4 is 0 Å². The molecule has 0 unspecified atom stereocenters. The van der Waals surface area contributed by atoms with Gasteiger partial charge in [-0.1, -0.05) is 0 Å². The summed E-state index contributed by atoms with van der Waals surface area (Å²) in [7, 11) is -3.36. The Bertz CT molecular complexity index is 1120. The summed E-state index contributed by atoms with van der Waals surface area (Å²) in [5, 5.41) is 0. The molecule has 3 aromatic rings. The molecule has 7 nitrogen and oxygen atoms in total. The molecular formula is C19H15FN2O5S. The Morgan fingerprint density at radius 3 is 2.32 bits per heavy atom. The molecule has 0 saturated carbocycles. The topological polar surface area (TPSA) is 95.3 Å². The van der Waals surface area contributed by atoms with Crippen molar-refractivity contribution in [1.29, 1.82) is 0 Å². The smallest absolute Gasteiger partial charge is 0.357 e. The van der Waals surface area contributed by atoms with Crippen molar-refractivity contribution in [2.75, 3.05) is 12.9 Å². The monoisotopic (exact) mass is 402 g/mol. The summed E-state index contributed by atoms with van der Waals surface area (Å²) in [5.74, 6) is -1.68. The number of halogens is 1. The molecule has 0 N–H and O–H groups in total. The zero-order chi connectivity index (χ0) is 20.3. The second kappa shape index (κ2) is 7.73. The number of ether oxygens (including phenoxy) is 1. The minimum atomic E-state index is -3.36. The van der Waals surface area contributed by atoms with Crippen molar-refractivity contribution in [3.05, 3.63) is 78.1 Å². The summed E-state index contributed by atoms with van der Waals surface area (Å²) in [6, 6.07) is 10.8. The summed E-state index contributed by atoms with van der Waals surface area (Å²) in [4.78, 5) is 28.5. The van der Waals surface area contributed by atoms with E-state index in [0.29, 0.717) is 5.69 Å². The maximum atomic E-state index is 13.1. The van der Waals surface area contributed by atoms with Crippen LogP contribution in [0.15, 0.2) is 66.0 Å².